The molecule has 0 saturated carbocycles. The van der Waals surface area contributed by atoms with Crippen molar-refractivity contribution in [2.45, 2.75) is 25.4 Å². The summed E-state index contributed by atoms with van der Waals surface area (Å²) in [4.78, 5) is 16.3. The van der Waals surface area contributed by atoms with E-state index in [1.807, 2.05) is 24.3 Å². The highest BCUT2D eigenvalue weighted by Crippen LogP contribution is 2.18. The summed E-state index contributed by atoms with van der Waals surface area (Å²) >= 11 is 1.30. The monoisotopic (exact) mass is 359 g/mol. The SMILES string of the molecule is Cc1cc(C)n2c(SCC(=O)NCCc3ccccc3F)nnc2n1. The Hall–Kier alpha value is -2.48. The first-order valence-corrected chi connectivity index (χ1v) is 8.85. The molecule has 2 aromatic heterocycles. The fraction of sp³-hybridized carbons (Fsp3) is 0.294. The van der Waals surface area contributed by atoms with Crippen LogP contribution in [0.4, 0.5) is 4.39 Å². The van der Waals surface area contributed by atoms with E-state index in [9.17, 15) is 9.18 Å². The quantitative estimate of drug-likeness (QED) is 0.684. The van der Waals surface area contributed by atoms with Crippen LogP contribution in [0.5, 0.6) is 0 Å². The molecule has 130 valence electrons. The molecule has 0 aliphatic rings. The molecule has 6 nitrogen and oxygen atoms in total. The first-order chi connectivity index (χ1) is 12.0. The minimum Gasteiger partial charge on any atom is -0.355 e. The lowest BCUT2D eigenvalue weighted by molar-refractivity contribution is -0.118. The van der Waals surface area contributed by atoms with Gasteiger partial charge in [0.15, 0.2) is 5.16 Å². The van der Waals surface area contributed by atoms with Gasteiger partial charge in [0, 0.05) is 17.9 Å². The Morgan fingerprint density at radius 1 is 1.28 bits per heavy atom. The minimum atomic E-state index is -0.251. The number of hydrogen-bond donors (Lipinski definition) is 1. The highest BCUT2D eigenvalue weighted by molar-refractivity contribution is 7.99. The van der Waals surface area contributed by atoms with Crippen LogP contribution in [0, 0.1) is 19.7 Å². The maximum absolute atomic E-state index is 13.5. The number of hydrogen-bond acceptors (Lipinski definition) is 5. The molecule has 3 rings (SSSR count). The second-order valence-corrected chi connectivity index (χ2v) is 6.58. The molecule has 1 N–H and O–H groups in total. The number of thioether (sulfide) groups is 1. The van der Waals surface area contributed by atoms with Crippen LogP contribution in [0.1, 0.15) is 17.0 Å². The van der Waals surface area contributed by atoms with Crippen molar-refractivity contribution in [2.24, 2.45) is 0 Å². The van der Waals surface area contributed by atoms with Crippen LogP contribution in [0.3, 0.4) is 0 Å². The van der Waals surface area contributed by atoms with Crippen LogP contribution >= 0.6 is 11.8 Å². The summed E-state index contributed by atoms with van der Waals surface area (Å²) in [7, 11) is 0. The summed E-state index contributed by atoms with van der Waals surface area (Å²) in [5.41, 5.74) is 2.44. The maximum Gasteiger partial charge on any atom is 0.256 e. The first-order valence-electron chi connectivity index (χ1n) is 7.87. The van der Waals surface area contributed by atoms with Gasteiger partial charge in [0.2, 0.25) is 5.91 Å². The Bertz CT molecular complexity index is 911. The summed E-state index contributed by atoms with van der Waals surface area (Å²) in [6.07, 6.45) is 0.458. The van der Waals surface area contributed by atoms with E-state index < -0.39 is 0 Å². The van der Waals surface area contributed by atoms with Gasteiger partial charge in [0.25, 0.3) is 5.78 Å². The zero-order valence-corrected chi connectivity index (χ0v) is 14.8. The lowest BCUT2D eigenvalue weighted by atomic mass is 10.1. The fourth-order valence-electron chi connectivity index (χ4n) is 2.51. The van der Waals surface area contributed by atoms with Crippen LogP contribution < -0.4 is 5.32 Å². The molecule has 0 aliphatic heterocycles. The van der Waals surface area contributed by atoms with E-state index >= 15 is 0 Å². The molecule has 1 aromatic carbocycles. The van der Waals surface area contributed by atoms with Gasteiger partial charge in [-0.3, -0.25) is 9.20 Å². The second-order valence-electron chi connectivity index (χ2n) is 5.64. The molecule has 25 heavy (non-hydrogen) atoms. The molecule has 1 amide bonds. The molecule has 2 heterocycles. The molecule has 0 aliphatic carbocycles. The lowest BCUT2D eigenvalue weighted by Gasteiger charge is -2.06. The van der Waals surface area contributed by atoms with Crippen LogP contribution in [0.25, 0.3) is 5.78 Å². The molecule has 0 fully saturated rings. The van der Waals surface area contributed by atoms with Crippen molar-refractivity contribution < 1.29 is 9.18 Å². The van der Waals surface area contributed by atoms with Crippen molar-refractivity contribution in [3.8, 4) is 0 Å². The van der Waals surface area contributed by atoms with Gasteiger partial charge in [-0.25, -0.2) is 9.37 Å². The standard InChI is InChI=1S/C17H18FN5OS/c1-11-9-12(2)23-16(20-11)21-22-17(23)25-10-15(24)19-8-7-13-5-3-4-6-14(13)18/h3-6,9H,7-8,10H2,1-2H3,(H,19,24). The summed E-state index contributed by atoms with van der Waals surface area (Å²) < 4.78 is 15.3. The largest absolute Gasteiger partial charge is 0.355 e. The van der Waals surface area contributed by atoms with Crippen molar-refractivity contribution in [2.75, 3.05) is 12.3 Å². The van der Waals surface area contributed by atoms with E-state index in [4.69, 9.17) is 0 Å². The molecule has 0 saturated heterocycles. The third-order valence-electron chi connectivity index (χ3n) is 3.67. The number of carbonyl (C=O) groups excluding carboxylic acids is 1. The summed E-state index contributed by atoms with van der Waals surface area (Å²) in [5.74, 6) is 0.362. The maximum atomic E-state index is 13.5. The molecular formula is C17H18FN5OS. The molecule has 0 unspecified atom stereocenters. The molecule has 0 spiro atoms. The van der Waals surface area contributed by atoms with Crippen LogP contribution in [0.2, 0.25) is 0 Å². The van der Waals surface area contributed by atoms with Gasteiger partial charge in [-0.15, -0.1) is 10.2 Å². The molecular weight excluding hydrogens is 341 g/mol. The molecule has 0 atom stereocenters. The number of amides is 1. The van der Waals surface area contributed by atoms with Crippen LogP contribution in [-0.4, -0.2) is 37.8 Å². The average molecular weight is 359 g/mol. The van der Waals surface area contributed by atoms with Crippen LogP contribution in [0.15, 0.2) is 35.5 Å². The van der Waals surface area contributed by atoms with Crippen LogP contribution in [-0.2, 0) is 11.2 Å². The number of nitrogens with one attached hydrogen (secondary N) is 1. The number of aryl methyl sites for hydroxylation is 2. The summed E-state index contributed by atoms with van der Waals surface area (Å²) in [6.45, 7) is 4.24. The van der Waals surface area contributed by atoms with Crippen molar-refractivity contribution in [3.05, 3.63) is 53.1 Å². The number of fused-ring (bicyclic) bond motifs is 1. The second kappa shape index (κ2) is 7.60. The van der Waals surface area contributed by atoms with Gasteiger partial charge >= 0.3 is 0 Å². The van der Waals surface area contributed by atoms with Gasteiger partial charge in [-0.05, 0) is 38.0 Å². The van der Waals surface area contributed by atoms with E-state index in [0.29, 0.717) is 29.5 Å². The molecule has 0 radical (unpaired) electrons. The zero-order chi connectivity index (χ0) is 17.8. The van der Waals surface area contributed by atoms with Gasteiger partial charge in [-0.1, -0.05) is 30.0 Å². The Kier molecular flexibility index (Phi) is 5.28. The number of carbonyl (C=O) groups is 1. The fourth-order valence-corrected chi connectivity index (χ4v) is 3.33. The van der Waals surface area contributed by atoms with Gasteiger partial charge in [0.1, 0.15) is 5.82 Å². The highest BCUT2D eigenvalue weighted by Gasteiger charge is 2.12. The predicted octanol–water partition coefficient (Wildman–Crippen LogP) is 2.33. The van der Waals surface area contributed by atoms with Gasteiger partial charge in [-0.2, -0.15) is 0 Å². The number of benzene rings is 1. The Morgan fingerprint density at radius 2 is 2.08 bits per heavy atom. The van der Waals surface area contributed by atoms with Gasteiger partial charge in [0.05, 0.1) is 5.75 Å². The lowest BCUT2D eigenvalue weighted by Crippen LogP contribution is -2.27. The molecule has 8 heteroatoms. The van der Waals surface area contributed by atoms with E-state index in [2.05, 4.69) is 20.5 Å². The Morgan fingerprint density at radius 3 is 2.88 bits per heavy atom. The topological polar surface area (TPSA) is 72.2 Å². The third kappa shape index (κ3) is 4.14. The Labute approximate surface area is 148 Å². The van der Waals surface area contributed by atoms with E-state index in [1.165, 1.54) is 17.8 Å². The van der Waals surface area contributed by atoms with Crippen molar-refractivity contribution in [1.82, 2.24) is 24.9 Å². The summed E-state index contributed by atoms with van der Waals surface area (Å²) in [5, 5.41) is 11.6. The number of halogens is 1. The zero-order valence-electron chi connectivity index (χ0n) is 14.0. The number of aromatic nitrogens is 4. The van der Waals surface area contributed by atoms with E-state index in [1.54, 1.807) is 18.2 Å². The number of rotatable bonds is 6. The first kappa shape index (κ1) is 17.3. The molecule has 0 bridgehead atoms. The Balaban J connectivity index is 1.54. The van der Waals surface area contributed by atoms with E-state index in [-0.39, 0.29) is 17.5 Å². The molecule has 3 aromatic rings. The third-order valence-corrected chi connectivity index (χ3v) is 4.60. The average Bonchev–Trinajstić information content (AvgIpc) is 2.98. The minimum absolute atomic E-state index is 0.129. The van der Waals surface area contributed by atoms with Crippen molar-refractivity contribution in [3.63, 3.8) is 0 Å². The highest BCUT2D eigenvalue weighted by atomic mass is 32.2. The smallest absolute Gasteiger partial charge is 0.256 e. The summed E-state index contributed by atoms with van der Waals surface area (Å²) in [6, 6.07) is 8.51. The number of nitrogens with zero attached hydrogens (tertiary/aromatic N) is 4. The van der Waals surface area contributed by atoms with Crippen molar-refractivity contribution >= 4 is 23.4 Å². The van der Waals surface area contributed by atoms with Crippen molar-refractivity contribution in [1.29, 1.82) is 0 Å². The van der Waals surface area contributed by atoms with Gasteiger partial charge < -0.3 is 5.32 Å². The predicted molar refractivity (Wildman–Crippen MR) is 94.1 cm³/mol. The normalized spacial score (nSPS) is 11.0. The van der Waals surface area contributed by atoms with E-state index in [0.717, 1.165) is 11.4 Å².